The van der Waals surface area contributed by atoms with Gasteiger partial charge in [0, 0.05) is 5.69 Å². The molecular formula is C14H15Cl2NO3S. The Morgan fingerprint density at radius 3 is 2.38 bits per heavy atom. The zero-order chi connectivity index (χ0) is 15.8. The van der Waals surface area contributed by atoms with Gasteiger partial charge in [0.1, 0.15) is 4.49 Å². The molecule has 7 heteroatoms. The molecule has 0 spiro atoms. The molecule has 0 aromatic heterocycles. The van der Waals surface area contributed by atoms with E-state index in [0.29, 0.717) is 5.69 Å². The largest absolute Gasteiger partial charge is 0.326 e. The summed E-state index contributed by atoms with van der Waals surface area (Å²) in [5.41, 5.74) is 0.391. The van der Waals surface area contributed by atoms with E-state index in [2.05, 4.69) is 5.32 Å². The lowest BCUT2D eigenvalue weighted by atomic mass is 10.1. The van der Waals surface area contributed by atoms with Gasteiger partial charge in [0.05, 0.1) is 10.8 Å². The molecule has 0 saturated heterocycles. The molecule has 1 amide bonds. The molecule has 2 rings (SSSR count). The van der Waals surface area contributed by atoms with Gasteiger partial charge in [0.25, 0.3) is 0 Å². The minimum Gasteiger partial charge on any atom is -0.326 e. The number of allylic oxidation sites excluding steroid dienone is 1. The van der Waals surface area contributed by atoms with E-state index in [-0.39, 0.29) is 32.5 Å². The molecule has 0 radical (unpaired) electrons. The molecule has 114 valence electrons. The highest BCUT2D eigenvalue weighted by atomic mass is 35.5. The highest BCUT2D eigenvalue weighted by Crippen LogP contribution is 2.59. The quantitative estimate of drug-likeness (QED) is 0.814. The maximum atomic E-state index is 12.3. The summed E-state index contributed by atoms with van der Waals surface area (Å²) < 4.78 is 20.0. The van der Waals surface area contributed by atoms with Crippen molar-refractivity contribution in [2.45, 2.75) is 18.7 Å². The topological polar surface area (TPSA) is 66.4 Å². The second-order valence-corrected chi connectivity index (χ2v) is 7.52. The number of benzene rings is 1. The van der Waals surface area contributed by atoms with Crippen LogP contribution in [0.2, 0.25) is 0 Å². The van der Waals surface area contributed by atoms with Crippen LogP contribution in [0.4, 0.5) is 5.69 Å². The Labute approximate surface area is 135 Å². The van der Waals surface area contributed by atoms with Crippen LogP contribution in [-0.4, -0.2) is 14.7 Å². The fourth-order valence-electron chi connectivity index (χ4n) is 2.50. The van der Waals surface area contributed by atoms with Crippen LogP contribution in [0.25, 0.3) is 0 Å². The van der Waals surface area contributed by atoms with E-state index < -0.39 is 11.1 Å². The highest BCUT2D eigenvalue weighted by Gasteiger charge is 2.60. The van der Waals surface area contributed by atoms with Gasteiger partial charge in [0.2, 0.25) is 5.91 Å². The molecule has 21 heavy (non-hydrogen) atoms. The summed E-state index contributed by atoms with van der Waals surface area (Å²) in [5.74, 6) is -0.308. The van der Waals surface area contributed by atoms with E-state index in [4.69, 9.17) is 27.8 Å². The Hall–Kier alpha value is -0.880. The smallest absolute Gasteiger partial charge is 0.228 e. The Kier molecular flexibility index (Phi) is 4.78. The summed E-state index contributed by atoms with van der Waals surface area (Å²) in [6.45, 7) is 3.96. The fraction of sp³-hybridized carbons (Fsp3) is 0.357. The van der Waals surface area contributed by atoms with Crippen molar-refractivity contribution in [3.63, 3.8) is 0 Å². The van der Waals surface area contributed by atoms with Crippen molar-refractivity contribution in [3.05, 3.63) is 34.8 Å². The van der Waals surface area contributed by atoms with Gasteiger partial charge in [0.15, 0.2) is 11.1 Å². The van der Waals surface area contributed by atoms with Gasteiger partial charge in [-0.1, -0.05) is 37.0 Å². The molecule has 0 bridgehead atoms. The Morgan fingerprint density at radius 1 is 1.33 bits per heavy atom. The molecule has 1 aliphatic carbocycles. The molecule has 1 fully saturated rings. The zero-order valence-electron chi connectivity index (χ0n) is 11.5. The van der Waals surface area contributed by atoms with Gasteiger partial charge in [-0.2, -0.15) is 0 Å². The molecular weight excluding hydrogens is 333 g/mol. The van der Waals surface area contributed by atoms with Gasteiger partial charge in [-0.3, -0.25) is 4.79 Å². The first-order valence-corrected chi connectivity index (χ1v) is 8.14. The molecule has 0 aliphatic heterocycles. The van der Waals surface area contributed by atoms with E-state index in [0.717, 1.165) is 0 Å². The van der Waals surface area contributed by atoms with E-state index in [1.807, 2.05) is 13.8 Å². The molecule has 4 nitrogen and oxygen atoms in total. The van der Waals surface area contributed by atoms with Crippen molar-refractivity contribution in [3.8, 4) is 0 Å². The number of rotatable bonds is 4. The first-order chi connectivity index (χ1) is 9.73. The van der Waals surface area contributed by atoms with Crippen LogP contribution in [0.15, 0.2) is 39.7 Å². The van der Waals surface area contributed by atoms with Crippen LogP contribution in [0.5, 0.6) is 0 Å². The predicted octanol–water partition coefficient (Wildman–Crippen LogP) is 3.80. The molecule has 1 aromatic rings. The minimum atomic E-state index is -2.02. The van der Waals surface area contributed by atoms with Gasteiger partial charge >= 0.3 is 0 Å². The van der Waals surface area contributed by atoms with Crippen LogP contribution in [-0.2, 0) is 15.9 Å². The molecule has 1 aromatic carbocycles. The first kappa shape index (κ1) is 16.5. The van der Waals surface area contributed by atoms with Crippen LogP contribution in [0.1, 0.15) is 13.8 Å². The SMILES string of the molecule is CC1(C)C(C=C(Cl)Cl)C1C(=O)Nc1ccc(S(=O)O)cc1. The molecule has 1 aliphatic rings. The van der Waals surface area contributed by atoms with Crippen LogP contribution >= 0.6 is 23.2 Å². The number of nitrogens with one attached hydrogen (secondary N) is 1. The fourth-order valence-corrected chi connectivity index (χ4v) is 3.14. The number of carbonyl (C=O) groups is 1. The standard InChI is InChI=1S/C14H15Cl2NO3S/c1-14(2)10(7-11(15)16)12(14)13(18)17-8-3-5-9(6-4-8)21(19)20/h3-7,10,12H,1-2H3,(H,17,18)(H,19,20). The second-order valence-electron chi connectivity index (χ2n) is 5.54. The van der Waals surface area contributed by atoms with Crippen LogP contribution in [0.3, 0.4) is 0 Å². The lowest BCUT2D eigenvalue weighted by Crippen LogP contribution is -2.16. The zero-order valence-corrected chi connectivity index (χ0v) is 13.8. The van der Waals surface area contributed by atoms with Crippen molar-refractivity contribution in [1.29, 1.82) is 0 Å². The number of anilines is 1. The molecule has 1 saturated carbocycles. The third-order valence-electron chi connectivity index (χ3n) is 3.82. The minimum absolute atomic E-state index is 0.00622. The number of amides is 1. The van der Waals surface area contributed by atoms with Crippen molar-refractivity contribution < 1.29 is 13.6 Å². The van der Waals surface area contributed by atoms with Gasteiger partial charge in [-0.15, -0.1) is 0 Å². The van der Waals surface area contributed by atoms with Gasteiger partial charge < -0.3 is 9.87 Å². The van der Waals surface area contributed by atoms with E-state index >= 15 is 0 Å². The second kappa shape index (κ2) is 6.08. The summed E-state index contributed by atoms with van der Waals surface area (Å²) in [5, 5.41) is 2.79. The molecule has 3 atom stereocenters. The Morgan fingerprint density at radius 2 is 1.90 bits per heavy atom. The van der Waals surface area contributed by atoms with Crippen LogP contribution in [0, 0.1) is 17.3 Å². The van der Waals surface area contributed by atoms with Crippen molar-refractivity contribution >= 4 is 45.9 Å². The number of carbonyl (C=O) groups excluding carboxylic acids is 1. The molecule has 0 heterocycles. The van der Waals surface area contributed by atoms with Gasteiger partial charge in [-0.25, -0.2) is 4.21 Å². The van der Waals surface area contributed by atoms with Crippen molar-refractivity contribution in [1.82, 2.24) is 0 Å². The maximum absolute atomic E-state index is 12.3. The van der Waals surface area contributed by atoms with E-state index in [9.17, 15) is 9.00 Å². The number of hydrogen-bond acceptors (Lipinski definition) is 2. The van der Waals surface area contributed by atoms with Crippen LogP contribution < -0.4 is 5.32 Å². The molecule has 3 unspecified atom stereocenters. The summed E-state index contributed by atoms with van der Waals surface area (Å²) in [6.07, 6.45) is 1.69. The average Bonchev–Trinajstić information content (AvgIpc) is 2.90. The van der Waals surface area contributed by atoms with Gasteiger partial charge in [-0.05, 0) is 41.7 Å². The Bertz CT molecular complexity index is 609. The van der Waals surface area contributed by atoms with E-state index in [1.54, 1.807) is 18.2 Å². The maximum Gasteiger partial charge on any atom is 0.228 e. The summed E-state index contributed by atoms with van der Waals surface area (Å²) >= 11 is 9.30. The van der Waals surface area contributed by atoms with Crippen molar-refractivity contribution in [2.75, 3.05) is 5.32 Å². The number of hydrogen-bond donors (Lipinski definition) is 2. The third-order valence-corrected chi connectivity index (χ3v) is 4.75. The Balaban J connectivity index is 2.05. The average molecular weight is 348 g/mol. The highest BCUT2D eigenvalue weighted by molar-refractivity contribution is 7.79. The molecule has 2 N–H and O–H groups in total. The van der Waals surface area contributed by atoms with E-state index in [1.165, 1.54) is 12.1 Å². The monoisotopic (exact) mass is 347 g/mol. The normalized spacial score (nSPS) is 24.0. The summed E-state index contributed by atoms with van der Waals surface area (Å²) in [4.78, 5) is 12.6. The summed E-state index contributed by atoms with van der Waals surface area (Å²) in [6, 6.07) is 6.18. The lowest BCUT2D eigenvalue weighted by Gasteiger charge is -2.06. The first-order valence-electron chi connectivity index (χ1n) is 6.28. The third kappa shape index (κ3) is 3.66. The number of halogens is 2. The predicted molar refractivity (Wildman–Crippen MR) is 84.7 cm³/mol. The van der Waals surface area contributed by atoms with Crippen molar-refractivity contribution in [2.24, 2.45) is 17.3 Å². The lowest BCUT2D eigenvalue weighted by molar-refractivity contribution is -0.118. The summed E-state index contributed by atoms with van der Waals surface area (Å²) in [7, 11) is 0.